The van der Waals surface area contributed by atoms with Gasteiger partial charge < -0.3 is 20.1 Å². The molecular weight excluding hydrogens is 441 g/mol. The van der Waals surface area contributed by atoms with E-state index in [0.717, 1.165) is 42.4 Å². The average molecular weight is 469 g/mol. The molecule has 0 bridgehead atoms. The number of halogens is 1. The zero-order valence-electron chi connectivity index (χ0n) is 15.6. The maximum atomic E-state index is 5.37. The molecule has 6 heteroatoms. The molecule has 0 fully saturated rings. The fourth-order valence-electron chi connectivity index (χ4n) is 2.54. The lowest BCUT2D eigenvalue weighted by Crippen LogP contribution is -2.37. The lowest BCUT2D eigenvalue weighted by molar-refractivity contribution is 0.409. The fraction of sp³-hybridized carbons (Fsp3) is 0.350. The van der Waals surface area contributed by atoms with E-state index in [1.807, 2.05) is 36.4 Å². The molecule has 0 saturated heterocycles. The molecule has 2 aromatic rings. The van der Waals surface area contributed by atoms with Crippen LogP contribution < -0.4 is 20.1 Å². The number of nitrogens with one attached hydrogen (secondary N) is 2. The van der Waals surface area contributed by atoms with Crippen LogP contribution in [0.5, 0.6) is 11.5 Å². The molecule has 0 unspecified atom stereocenters. The van der Waals surface area contributed by atoms with Crippen LogP contribution in [0, 0.1) is 0 Å². The van der Waals surface area contributed by atoms with Crippen LogP contribution in [0.3, 0.4) is 0 Å². The highest BCUT2D eigenvalue weighted by Gasteiger charge is 2.03. The molecule has 0 aromatic heterocycles. The monoisotopic (exact) mass is 469 g/mol. The molecule has 26 heavy (non-hydrogen) atoms. The summed E-state index contributed by atoms with van der Waals surface area (Å²) in [6, 6.07) is 16.2. The zero-order chi connectivity index (χ0) is 17.9. The molecule has 0 amide bonds. The lowest BCUT2D eigenvalue weighted by Gasteiger charge is -2.13. The smallest absolute Gasteiger partial charge is 0.191 e. The highest BCUT2D eigenvalue weighted by atomic mass is 127. The van der Waals surface area contributed by atoms with Crippen LogP contribution >= 0.6 is 24.0 Å². The third-order valence-corrected chi connectivity index (χ3v) is 3.96. The van der Waals surface area contributed by atoms with Gasteiger partial charge in [0.05, 0.1) is 14.2 Å². The quantitative estimate of drug-likeness (QED) is 0.269. The summed E-state index contributed by atoms with van der Waals surface area (Å²) in [5.41, 5.74) is 2.41. The van der Waals surface area contributed by atoms with Gasteiger partial charge in [-0.05, 0) is 36.6 Å². The standard InChI is InChI=1S/C20H27N3O2.HI/c1-21-20(23-15-17-8-4-5-9-19(17)25-3)22-14-6-7-16-10-12-18(24-2)13-11-16;/h4-5,8-13H,6-7,14-15H2,1-3H3,(H2,21,22,23);1H. The minimum atomic E-state index is 0. The van der Waals surface area contributed by atoms with E-state index in [2.05, 4.69) is 27.8 Å². The number of benzene rings is 2. The van der Waals surface area contributed by atoms with E-state index in [4.69, 9.17) is 9.47 Å². The Morgan fingerprint density at radius 1 is 0.962 bits per heavy atom. The van der Waals surface area contributed by atoms with Crippen molar-refractivity contribution in [2.45, 2.75) is 19.4 Å². The number of methoxy groups -OCH3 is 2. The van der Waals surface area contributed by atoms with Crippen LogP contribution in [0.4, 0.5) is 0 Å². The van der Waals surface area contributed by atoms with Gasteiger partial charge >= 0.3 is 0 Å². The number of aliphatic imine (C=N–C) groups is 1. The van der Waals surface area contributed by atoms with Crippen molar-refractivity contribution in [2.75, 3.05) is 27.8 Å². The molecule has 0 aliphatic rings. The Hall–Kier alpha value is -1.96. The van der Waals surface area contributed by atoms with E-state index < -0.39 is 0 Å². The fourth-order valence-corrected chi connectivity index (χ4v) is 2.54. The summed E-state index contributed by atoms with van der Waals surface area (Å²) in [4.78, 5) is 4.26. The molecule has 2 aromatic carbocycles. The van der Waals surface area contributed by atoms with E-state index in [9.17, 15) is 0 Å². The van der Waals surface area contributed by atoms with Crippen LogP contribution in [-0.4, -0.2) is 33.8 Å². The van der Waals surface area contributed by atoms with Crippen molar-refractivity contribution in [1.29, 1.82) is 0 Å². The predicted octanol–water partition coefficient (Wildman–Crippen LogP) is 3.62. The lowest BCUT2D eigenvalue weighted by atomic mass is 10.1. The van der Waals surface area contributed by atoms with Crippen molar-refractivity contribution in [3.8, 4) is 11.5 Å². The van der Waals surface area contributed by atoms with Gasteiger partial charge in [-0.25, -0.2) is 0 Å². The van der Waals surface area contributed by atoms with E-state index >= 15 is 0 Å². The highest BCUT2D eigenvalue weighted by molar-refractivity contribution is 14.0. The third-order valence-electron chi connectivity index (χ3n) is 3.96. The molecule has 0 radical (unpaired) electrons. The first kappa shape index (κ1) is 22.1. The van der Waals surface area contributed by atoms with Gasteiger partial charge in [0.2, 0.25) is 0 Å². The van der Waals surface area contributed by atoms with E-state index in [1.54, 1.807) is 21.3 Å². The molecule has 2 rings (SSSR count). The van der Waals surface area contributed by atoms with Gasteiger partial charge in [0.1, 0.15) is 11.5 Å². The van der Waals surface area contributed by atoms with Crippen molar-refractivity contribution in [3.63, 3.8) is 0 Å². The SMILES string of the molecule is CN=C(NCCCc1ccc(OC)cc1)NCc1ccccc1OC.I. The topological polar surface area (TPSA) is 54.9 Å². The number of ether oxygens (including phenoxy) is 2. The number of para-hydroxylation sites is 1. The van der Waals surface area contributed by atoms with E-state index in [-0.39, 0.29) is 24.0 Å². The van der Waals surface area contributed by atoms with Gasteiger partial charge in [-0.3, -0.25) is 4.99 Å². The summed E-state index contributed by atoms with van der Waals surface area (Å²) in [5.74, 6) is 2.56. The maximum Gasteiger partial charge on any atom is 0.191 e. The van der Waals surface area contributed by atoms with Gasteiger partial charge in [0.25, 0.3) is 0 Å². The Labute approximate surface area is 173 Å². The first-order valence-corrected chi connectivity index (χ1v) is 8.46. The third kappa shape index (κ3) is 7.11. The van der Waals surface area contributed by atoms with E-state index in [1.165, 1.54) is 5.56 Å². The van der Waals surface area contributed by atoms with Crippen molar-refractivity contribution in [2.24, 2.45) is 4.99 Å². The largest absolute Gasteiger partial charge is 0.497 e. The summed E-state index contributed by atoms with van der Waals surface area (Å²) < 4.78 is 10.5. The predicted molar refractivity (Wildman–Crippen MR) is 118 cm³/mol. The molecule has 142 valence electrons. The van der Waals surface area contributed by atoms with Crippen LogP contribution in [0.15, 0.2) is 53.5 Å². The average Bonchev–Trinajstić information content (AvgIpc) is 2.68. The zero-order valence-corrected chi connectivity index (χ0v) is 17.9. The number of guanidine groups is 1. The van der Waals surface area contributed by atoms with Crippen molar-refractivity contribution < 1.29 is 9.47 Å². The number of hydrogen-bond donors (Lipinski definition) is 2. The first-order valence-electron chi connectivity index (χ1n) is 8.46. The molecule has 2 N–H and O–H groups in total. The van der Waals surface area contributed by atoms with Crippen LogP contribution in [0.25, 0.3) is 0 Å². The summed E-state index contributed by atoms with van der Waals surface area (Å²) in [6.07, 6.45) is 2.04. The Balaban J connectivity index is 0.00000338. The molecule has 0 atom stereocenters. The van der Waals surface area contributed by atoms with Crippen LogP contribution in [0.2, 0.25) is 0 Å². The Bertz CT molecular complexity index is 675. The molecular formula is C20H28IN3O2. The van der Waals surface area contributed by atoms with Gasteiger partial charge in [-0.1, -0.05) is 30.3 Å². The van der Waals surface area contributed by atoms with Crippen LogP contribution in [-0.2, 0) is 13.0 Å². The molecule has 0 heterocycles. The Kier molecular flexibility index (Phi) is 10.5. The Morgan fingerprint density at radius 3 is 2.35 bits per heavy atom. The summed E-state index contributed by atoms with van der Waals surface area (Å²) in [6.45, 7) is 1.53. The normalized spacial score (nSPS) is 10.7. The summed E-state index contributed by atoms with van der Waals surface area (Å²) >= 11 is 0. The second-order valence-corrected chi connectivity index (χ2v) is 5.62. The number of aryl methyl sites for hydroxylation is 1. The number of hydrogen-bond acceptors (Lipinski definition) is 3. The second kappa shape index (κ2) is 12.4. The van der Waals surface area contributed by atoms with Crippen molar-refractivity contribution in [3.05, 3.63) is 59.7 Å². The number of rotatable bonds is 8. The first-order chi connectivity index (χ1) is 12.3. The highest BCUT2D eigenvalue weighted by Crippen LogP contribution is 2.16. The summed E-state index contributed by atoms with van der Waals surface area (Å²) in [7, 11) is 5.15. The molecule has 5 nitrogen and oxygen atoms in total. The summed E-state index contributed by atoms with van der Waals surface area (Å²) in [5, 5.41) is 6.66. The number of nitrogens with zero attached hydrogens (tertiary/aromatic N) is 1. The minimum absolute atomic E-state index is 0. The molecule has 0 spiro atoms. The second-order valence-electron chi connectivity index (χ2n) is 5.62. The van der Waals surface area contributed by atoms with Gasteiger partial charge in [0, 0.05) is 25.7 Å². The molecule has 0 aliphatic heterocycles. The van der Waals surface area contributed by atoms with Crippen LogP contribution in [0.1, 0.15) is 17.5 Å². The van der Waals surface area contributed by atoms with Gasteiger partial charge in [-0.2, -0.15) is 0 Å². The van der Waals surface area contributed by atoms with E-state index in [0.29, 0.717) is 6.54 Å². The molecule has 0 aliphatic carbocycles. The van der Waals surface area contributed by atoms with Crippen molar-refractivity contribution in [1.82, 2.24) is 10.6 Å². The van der Waals surface area contributed by atoms with Gasteiger partial charge in [0.15, 0.2) is 5.96 Å². The Morgan fingerprint density at radius 2 is 1.69 bits per heavy atom. The minimum Gasteiger partial charge on any atom is -0.497 e. The maximum absolute atomic E-state index is 5.37. The molecule has 0 saturated carbocycles. The van der Waals surface area contributed by atoms with Gasteiger partial charge in [-0.15, -0.1) is 24.0 Å². The van der Waals surface area contributed by atoms with Crippen molar-refractivity contribution >= 4 is 29.9 Å².